The third-order valence-corrected chi connectivity index (χ3v) is 10.6. The van der Waals surface area contributed by atoms with E-state index in [1.165, 1.54) is 44.1 Å². The fraction of sp³-hybridized carbons (Fsp3) is 0.172. The smallest absolute Gasteiger partial charge is 0.125 e. The van der Waals surface area contributed by atoms with Crippen LogP contribution in [0.25, 0.3) is 22.3 Å². The molecule has 0 aliphatic heterocycles. The summed E-state index contributed by atoms with van der Waals surface area (Å²) in [6.07, 6.45) is 0. The molecule has 0 unspecified atom stereocenters. The van der Waals surface area contributed by atoms with Crippen molar-refractivity contribution in [1.82, 2.24) is 0 Å². The van der Waals surface area contributed by atoms with Gasteiger partial charge in [-0.05, 0) is 46.0 Å². The van der Waals surface area contributed by atoms with Gasteiger partial charge in [-0.3, -0.25) is 0 Å². The molecule has 0 radical (unpaired) electrons. The van der Waals surface area contributed by atoms with Crippen molar-refractivity contribution in [2.24, 2.45) is 0 Å². The highest BCUT2D eigenvalue weighted by atomic mass is 28.3. The lowest BCUT2D eigenvalue weighted by Gasteiger charge is -2.34. The van der Waals surface area contributed by atoms with Crippen molar-refractivity contribution >= 4 is 13.3 Å². The van der Waals surface area contributed by atoms with Gasteiger partial charge in [0, 0.05) is 11.1 Å². The molecule has 0 atom stereocenters. The van der Waals surface area contributed by atoms with Crippen LogP contribution >= 0.6 is 0 Å². The standard InChI is InChI=1S/C29H28OSi/c1-20-18-26(21-12-6-5-7-13-21)28(30-2)27(19-20)31(3,4)29-24-16-10-8-14-22(24)23-15-9-11-17-25(23)29/h5-19,29H,1-4H3. The summed E-state index contributed by atoms with van der Waals surface area (Å²) in [5, 5.41) is 1.39. The molecule has 0 amide bonds. The largest absolute Gasteiger partial charge is 0.496 e. The average molecular weight is 421 g/mol. The van der Waals surface area contributed by atoms with E-state index in [2.05, 4.69) is 111 Å². The number of hydrogen-bond donors (Lipinski definition) is 0. The summed E-state index contributed by atoms with van der Waals surface area (Å²) in [5.41, 5.74) is 9.79. The monoisotopic (exact) mass is 420 g/mol. The first-order chi connectivity index (χ1) is 15.0. The maximum Gasteiger partial charge on any atom is 0.125 e. The number of aryl methyl sites for hydroxylation is 1. The van der Waals surface area contributed by atoms with Crippen LogP contribution < -0.4 is 9.92 Å². The molecule has 0 saturated carbocycles. The maximum absolute atomic E-state index is 6.14. The molecule has 4 aromatic rings. The minimum atomic E-state index is -2.04. The Morgan fingerprint density at radius 2 is 1.23 bits per heavy atom. The molecule has 0 saturated heterocycles. The number of benzene rings is 4. The summed E-state index contributed by atoms with van der Waals surface area (Å²) in [6, 6.07) is 33.2. The second kappa shape index (κ2) is 7.54. The molecule has 0 aromatic heterocycles. The summed E-state index contributed by atoms with van der Waals surface area (Å²) in [6.45, 7) is 7.21. The lowest BCUT2D eigenvalue weighted by atomic mass is 10.0. The van der Waals surface area contributed by atoms with Crippen LogP contribution in [0.5, 0.6) is 5.75 Å². The zero-order chi connectivity index (χ0) is 21.6. The molecule has 4 aromatic carbocycles. The fourth-order valence-corrected chi connectivity index (χ4v) is 9.18. The van der Waals surface area contributed by atoms with E-state index in [9.17, 15) is 0 Å². The topological polar surface area (TPSA) is 9.23 Å². The van der Waals surface area contributed by atoms with Crippen LogP contribution in [-0.2, 0) is 0 Å². The maximum atomic E-state index is 6.14. The Bertz CT molecular complexity index is 1210. The summed E-state index contributed by atoms with van der Waals surface area (Å²) in [4.78, 5) is 0. The summed E-state index contributed by atoms with van der Waals surface area (Å²) in [7, 11) is -0.214. The third-order valence-electron chi connectivity index (χ3n) is 6.77. The second-order valence-electron chi connectivity index (χ2n) is 9.09. The molecule has 1 aliphatic rings. The van der Waals surface area contributed by atoms with E-state index in [0.29, 0.717) is 5.54 Å². The molecule has 1 nitrogen and oxygen atoms in total. The van der Waals surface area contributed by atoms with Crippen molar-refractivity contribution in [3.8, 4) is 28.0 Å². The Kier molecular flexibility index (Phi) is 4.83. The molecule has 31 heavy (non-hydrogen) atoms. The number of methoxy groups -OCH3 is 1. The highest BCUT2D eigenvalue weighted by molar-refractivity contribution is 6.92. The molecule has 154 valence electrons. The molecular weight excluding hydrogens is 392 g/mol. The highest BCUT2D eigenvalue weighted by Crippen LogP contribution is 2.49. The van der Waals surface area contributed by atoms with E-state index >= 15 is 0 Å². The van der Waals surface area contributed by atoms with E-state index < -0.39 is 8.07 Å². The lowest BCUT2D eigenvalue weighted by molar-refractivity contribution is 0.419. The fourth-order valence-electron chi connectivity index (χ4n) is 5.39. The van der Waals surface area contributed by atoms with Crippen molar-refractivity contribution in [3.05, 3.63) is 108 Å². The van der Waals surface area contributed by atoms with Crippen LogP contribution in [0.3, 0.4) is 0 Å². The van der Waals surface area contributed by atoms with Crippen LogP contribution in [0.15, 0.2) is 91.0 Å². The van der Waals surface area contributed by atoms with Crippen LogP contribution in [0.4, 0.5) is 0 Å². The van der Waals surface area contributed by atoms with Crippen LogP contribution in [-0.4, -0.2) is 15.2 Å². The molecule has 0 heterocycles. The molecule has 0 N–H and O–H groups in total. The Labute approximate surface area is 186 Å². The third kappa shape index (κ3) is 3.14. The van der Waals surface area contributed by atoms with Gasteiger partial charge in [-0.2, -0.15) is 0 Å². The van der Waals surface area contributed by atoms with Crippen molar-refractivity contribution in [2.75, 3.05) is 7.11 Å². The molecule has 1 aliphatic carbocycles. The van der Waals surface area contributed by atoms with Gasteiger partial charge in [0.05, 0.1) is 15.2 Å². The van der Waals surface area contributed by atoms with Gasteiger partial charge in [0.2, 0.25) is 0 Å². The first kappa shape index (κ1) is 19.8. The molecule has 2 heteroatoms. The van der Waals surface area contributed by atoms with Gasteiger partial charge in [-0.1, -0.05) is 104 Å². The normalized spacial score (nSPS) is 13.0. The molecule has 0 bridgehead atoms. The predicted molar refractivity (Wildman–Crippen MR) is 134 cm³/mol. The van der Waals surface area contributed by atoms with Crippen molar-refractivity contribution < 1.29 is 4.74 Å². The van der Waals surface area contributed by atoms with Gasteiger partial charge < -0.3 is 4.74 Å². The summed E-state index contributed by atoms with van der Waals surface area (Å²) < 4.78 is 6.14. The quantitative estimate of drug-likeness (QED) is 0.325. The van der Waals surface area contributed by atoms with Crippen molar-refractivity contribution in [3.63, 3.8) is 0 Å². The van der Waals surface area contributed by atoms with Crippen LogP contribution in [0.2, 0.25) is 13.1 Å². The Balaban J connectivity index is 1.75. The Morgan fingerprint density at radius 1 is 0.677 bits per heavy atom. The zero-order valence-corrected chi connectivity index (χ0v) is 19.6. The van der Waals surface area contributed by atoms with Gasteiger partial charge in [-0.25, -0.2) is 0 Å². The van der Waals surface area contributed by atoms with Gasteiger partial charge in [0.15, 0.2) is 0 Å². The lowest BCUT2D eigenvalue weighted by Crippen LogP contribution is -2.48. The van der Waals surface area contributed by atoms with E-state index in [1.807, 2.05) is 7.11 Å². The number of rotatable bonds is 4. The van der Waals surface area contributed by atoms with Crippen LogP contribution in [0, 0.1) is 6.92 Å². The van der Waals surface area contributed by atoms with E-state index in [4.69, 9.17) is 4.74 Å². The number of fused-ring (bicyclic) bond motifs is 3. The van der Waals surface area contributed by atoms with Crippen molar-refractivity contribution in [2.45, 2.75) is 25.6 Å². The van der Waals surface area contributed by atoms with E-state index in [0.717, 1.165) is 5.75 Å². The Hall–Kier alpha value is -3.10. The van der Waals surface area contributed by atoms with Crippen molar-refractivity contribution in [1.29, 1.82) is 0 Å². The van der Waals surface area contributed by atoms with Gasteiger partial charge >= 0.3 is 0 Å². The molecule has 0 spiro atoms. The first-order valence-electron chi connectivity index (χ1n) is 10.9. The van der Waals surface area contributed by atoms with E-state index in [1.54, 1.807) is 0 Å². The van der Waals surface area contributed by atoms with Gasteiger partial charge in [0.1, 0.15) is 5.75 Å². The van der Waals surface area contributed by atoms with E-state index in [-0.39, 0.29) is 0 Å². The second-order valence-corrected chi connectivity index (χ2v) is 13.6. The molecular formula is C29H28OSi. The minimum absolute atomic E-state index is 0.402. The number of ether oxygens (including phenoxy) is 1. The molecule has 5 rings (SSSR count). The SMILES string of the molecule is COc1c(-c2ccccc2)cc(C)cc1[Si](C)(C)C1c2ccccc2-c2ccccc21. The first-order valence-corrected chi connectivity index (χ1v) is 14.0. The average Bonchev–Trinajstić information content (AvgIpc) is 3.14. The zero-order valence-electron chi connectivity index (χ0n) is 18.6. The highest BCUT2D eigenvalue weighted by Gasteiger charge is 2.43. The number of hydrogen-bond acceptors (Lipinski definition) is 1. The minimum Gasteiger partial charge on any atom is -0.496 e. The Morgan fingerprint density at radius 3 is 1.81 bits per heavy atom. The predicted octanol–water partition coefficient (Wildman–Crippen LogP) is 6.94. The summed E-state index contributed by atoms with van der Waals surface area (Å²) in [5.74, 6) is 1.04. The van der Waals surface area contributed by atoms with Gasteiger partial charge in [0.25, 0.3) is 0 Å². The molecule has 0 fully saturated rings. The van der Waals surface area contributed by atoms with Gasteiger partial charge in [-0.15, -0.1) is 0 Å². The summed E-state index contributed by atoms with van der Waals surface area (Å²) >= 11 is 0. The van der Waals surface area contributed by atoms with Crippen LogP contribution in [0.1, 0.15) is 22.2 Å².